The van der Waals surface area contributed by atoms with Gasteiger partial charge in [0.2, 0.25) is 0 Å². The van der Waals surface area contributed by atoms with Gasteiger partial charge in [-0.25, -0.2) is 0 Å². The molecule has 1 N–H and O–H groups in total. The van der Waals surface area contributed by atoms with Crippen molar-refractivity contribution in [3.63, 3.8) is 0 Å². The largest absolute Gasteiger partial charge is 0.362 e. The molecule has 0 saturated heterocycles. The number of halogens is 2. The molecular formula is C17H13Cl2NO2. The van der Waals surface area contributed by atoms with E-state index in [4.69, 9.17) is 23.2 Å². The van der Waals surface area contributed by atoms with E-state index in [1.54, 1.807) is 12.1 Å². The number of carbonyl (C=O) groups excluding carboxylic acids is 2. The van der Waals surface area contributed by atoms with Gasteiger partial charge in [-0.05, 0) is 30.5 Å². The summed E-state index contributed by atoms with van der Waals surface area (Å²) in [6, 6.07) is 5.35. The molecule has 1 aliphatic heterocycles. The van der Waals surface area contributed by atoms with E-state index < -0.39 is 0 Å². The molecule has 0 amide bonds. The van der Waals surface area contributed by atoms with E-state index in [0.29, 0.717) is 22.9 Å². The average Bonchev–Trinajstić information content (AvgIpc) is 3.05. The number of allylic oxidation sites excluding steroid dienone is 4. The van der Waals surface area contributed by atoms with Gasteiger partial charge < -0.3 is 5.32 Å². The second-order valence-corrected chi connectivity index (χ2v) is 6.68. The highest BCUT2D eigenvalue weighted by Gasteiger charge is 2.42. The molecule has 2 aliphatic carbocycles. The Hall–Kier alpha value is -1.58. The minimum Gasteiger partial charge on any atom is -0.362 e. The predicted octanol–water partition coefficient (Wildman–Crippen LogP) is 3.91. The van der Waals surface area contributed by atoms with Crippen LogP contribution in [0.3, 0.4) is 0 Å². The lowest BCUT2D eigenvalue weighted by molar-refractivity contribution is -0.115. The first-order chi connectivity index (χ1) is 10.6. The first-order valence-corrected chi connectivity index (χ1v) is 8.06. The molecule has 0 saturated carbocycles. The normalized spacial score (nSPS) is 21.4. The van der Waals surface area contributed by atoms with Crippen LogP contribution in [0.1, 0.15) is 37.2 Å². The summed E-state index contributed by atoms with van der Waals surface area (Å²) in [6.45, 7) is 0. The Morgan fingerprint density at radius 1 is 0.864 bits per heavy atom. The van der Waals surface area contributed by atoms with E-state index >= 15 is 0 Å². The second kappa shape index (κ2) is 4.97. The Bertz CT molecular complexity index is 752. The summed E-state index contributed by atoms with van der Waals surface area (Å²) in [4.78, 5) is 24.7. The number of ketones is 2. The summed E-state index contributed by atoms with van der Waals surface area (Å²) in [5, 5.41) is 4.24. The Balaban J connectivity index is 1.91. The Morgan fingerprint density at radius 2 is 1.45 bits per heavy atom. The molecule has 0 bridgehead atoms. The predicted molar refractivity (Wildman–Crippen MR) is 84.9 cm³/mol. The number of hydrogen-bond donors (Lipinski definition) is 1. The highest BCUT2D eigenvalue weighted by molar-refractivity contribution is 6.42. The van der Waals surface area contributed by atoms with Crippen LogP contribution in [0.25, 0.3) is 0 Å². The summed E-state index contributed by atoms with van der Waals surface area (Å²) in [6.07, 6.45) is 2.45. The summed E-state index contributed by atoms with van der Waals surface area (Å²) in [5.74, 6) is -0.0688. The zero-order valence-corrected chi connectivity index (χ0v) is 13.2. The van der Waals surface area contributed by atoms with Gasteiger partial charge >= 0.3 is 0 Å². The quantitative estimate of drug-likeness (QED) is 0.847. The zero-order chi connectivity index (χ0) is 15.4. The van der Waals surface area contributed by atoms with Gasteiger partial charge in [-0.1, -0.05) is 29.3 Å². The summed E-state index contributed by atoms with van der Waals surface area (Å²) < 4.78 is 0. The third-order valence-corrected chi connectivity index (χ3v) is 5.35. The van der Waals surface area contributed by atoms with E-state index in [1.807, 2.05) is 6.07 Å². The van der Waals surface area contributed by atoms with E-state index in [1.165, 1.54) is 0 Å². The molecule has 5 heteroatoms. The maximum Gasteiger partial charge on any atom is 0.161 e. The monoisotopic (exact) mass is 333 g/mol. The zero-order valence-electron chi connectivity index (χ0n) is 11.7. The maximum atomic E-state index is 12.3. The fraction of sp³-hybridized carbons (Fsp3) is 0.294. The van der Waals surface area contributed by atoms with Gasteiger partial charge in [-0.2, -0.15) is 0 Å². The molecule has 3 nitrogen and oxygen atoms in total. The molecule has 112 valence electrons. The minimum absolute atomic E-state index is 0.116. The van der Waals surface area contributed by atoms with Crippen molar-refractivity contribution in [1.82, 2.24) is 5.32 Å². The maximum absolute atomic E-state index is 12.3. The van der Waals surface area contributed by atoms with Crippen LogP contribution in [-0.4, -0.2) is 11.6 Å². The molecule has 22 heavy (non-hydrogen) atoms. The number of benzene rings is 1. The van der Waals surface area contributed by atoms with Crippen LogP contribution in [0.4, 0.5) is 0 Å². The molecule has 4 rings (SSSR count). The molecule has 1 aromatic rings. The van der Waals surface area contributed by atoms with E-state index in [-0.39, 0.29) is 17.5 Å². The van der Waals surface area contributed by atoms with Crippen molar-refractivity contribution in [2.45, 2.75) is 31.6 Å². The number of Topliss-reactive ketones (excluding diaryl/α,β-unsaturated/α-hetero) is 2. The fourth-order valence-electron chi connectivity index (χ4n) is 3.63. The highest BCUT2D eigenvalue weighted by Crippen LogP contribution is 2.47. The molecule has 0 unspecified atom stereocenters. The SMILES string of the molecule is O=C1CCC2=C1C(c1ccc(Cl)c(Cl)c1)C1=C(CCC1=O)N2. The number of nitrogens with one attached hydrogen (secondary N) is 1. The first kappa shape index (κ1) is 14.0. The van der Waals surface area contributed by atoms with Crippen LogP contribution in [0, 0.1) is 0 Å². The van der Waals surface area contributed by atoms with Gasteiger partial charge in [0.1, 0.15) is 0 Å². The molecule has 0 aromatic heterocycles. The molecule has 0 spiro atoms. The number of hydrogen-bond acceptors (Lipinski definition) is 3. The standard InChI is InChI=1S/C17H13Cl2NO2/c18-9-2-1-8(7-10(9)19)15-16-11(3-5-13(16)21)20-12-4-6-14(22)17(12)15/h1-2,7,15,20H,3-6H2. The van der Waals surface area contributed by atoms with Gasteiger partial charge in [-0.3, -0.25) is 9.59 Å². The Kier molecular flexibility index (Phi) is 3.17. The molecule has 0 atom stereocenters. The summed E-state index contributed by atoms with van der Waals surface area (Å²) in [7, 11) is 0. The van der Waals surface area contributed by atoms with Crippen molar-refractivity contribution in [2.24, 2.45) is 0 Å². The van der Waals surface area contributed by atoms with Crippen molar-refractivity contribution >= 4 is 34.8 Å². The van der Waals surface area contributed by atoms with Gasteiger partial charge in [-0.15, -0.1) is 0 Å². The molecule has 1 aromatic carbocycles. The van der Waals surface area contributed by atoms with Crippen LogP contribution in [0.2, 0.25) is 10.0 Å². The van der Waals surface area contributed by atoms with Crippen molar-refractivity contribution in [3.8, 4) is 0 Å². The van der Waals surface area contributed by atoms with E-state index in [9.17, 15) is 9.59 Å². The van der Waals surface area contributed by atoms with Gasteiger partial charge in [0.25, 0.3) is 0 Å². The van der Waals surface area contributed by atoms with Gasteiger partial charge in [0, 0.05) is 41.3 Å². The Morgan fingerprint density at radius 3 is 2.00 bits per heavy atom. The van der Waals surface area contributed by atoms with Crippen LogP contribution >= 0.6 is 23.2 Å². The molecule has 0 radical (unpaired) electrons. The second-order valence-electron chi connectivity index (χ2n) is 5.86. The van der Waals surface area contributed by atoms with Crippen molar-refractivity contribution in [2.75, 3.05) is 0 Å². The Labute approximate surface area is 138 Å². The van der Waals surface area contributed by atoms with Gasteiger partial charge in [0.15, 0.2) is 11.6 Å². The number of carbonyl (C=O) groups is 2. The van der Waals surface area contributed by atoms with Crippen molar-refractivity contribution in [1.29, 1.82) is 0 Å². The van der Waals surface area contributed by atoms with Crippen molar-refractivity contribution < 1.29 is 9.59 Å². The van der Waals surface area contributed by atoms with Crippen LogP contribution in [-0.2, 0) is 9.59 Å². The number of rotatable bonds is 1. The fourth-order valence-corrected chi connectivity index (χ4v) is 3.94. The average molecular weight is 334 g/mol. The lowest BCUT2D eigenvalue weighted by Gasteiger charge is -2.27. The van der Waals surface area contributed by atoms with Crippen LogP contribution < -0.4 is 5.32 Å². The summed E-state index contributed by atoms with van der Waals surface area (Å²) >= 11 is 12.1. The smallest absolute Gasteiger partial charge is 0.161 e. The third-order valence-electron chi connectivity index (χ3n) is 4.61. The van der Waals surface area contributed by atoms with Gasteiger partial charge in [0.05, 0.1) is 10.0 Å². The first-order valence-electron chi connectivity index (χ1n) is 7.30. The highest BCUT2D eigenvalue weighted by atomic mass is 35.5. The topological polar surface area (TPSA) is 46.2 Å². The van der Waals surface area contributed by atoms with Crippen LogP contribution in [0.5, 0.6) is 0 Å². The molecule has 3 aliphatic rings. The third kappa shape index (κ3) is 1.96. The molecular weight excluding hydrogens is 321 g/mol. The molecule has 1 heterocycles. The molecule has 0 fully saturated rings. The lowest BCUT2D eigenvalue weighted by atomic mass is 9.80. The number of dihydropyridines is 1. The lowest BCUT2D eigenvalue weighted by Crippen LogP contribution is -2.26. The minimum atomic E-state index is -0.300. The van der Waals surface area contributed by atoms with Crippen molar-refractivity contribution in [3.05, 3.63) is 56.3 Å². The van der Waals surface area contributed by atoms with E-state index in [2.05, 4.69) is 5.32 Å². The van der Waals surface area contributed by atoms with Crippen LogP contribution in [0.15, 0.2) is 40.7 Å². The van der Waals surface area contributed by atoms with E-state index in [0.717, 1.165) is 40.9 Å². The summed E-state index contributed by atoms with van der Waals surface area (Å²) in [5.41, 5.74) is 4.25.